The molecule has 0 bridgehead atoms. The zero-order valence-corrected chi connectivity index (χ0v) is 17.3. The summed E-state index contributed by atoms with van der Waals surface area (Å²) in [7, 11) is -3.50. The van der Waals surface area contributed by atoms with E-state index in [0.29, 0.717) is 35.8 Å². The van der Waals surface area contributed by atoms with Crippen molar-refractivity contribution in [1.82, 2.24) is 0 Å². The Morgan fingerprint density at radius 1 is 0.741 bits per heavy atom. The van der Waals surface area contributed by atoms with E-state index in [1.165, 1.54) is 0 Å². The molecule has 0 saturated heterocycles. The van der Waals surface area contributed by atoms with Crippen molar-refractivity contribution in [2.24, 2.45) is 0 Å². The molecule has 0 fully saturated rings. The molecule has 6 heteroatoms. The molecule has 0 aliphatic carbocycles. The quantitative estimate of drug-likeness (QED) is 0.572. The highest BCUT2D eigenvalue weighted by Gasteiger charge is 2.48. The van der Waals surface area contributed by atoms with E-state index in [4.69, 9.17) is 13.9 Å². The first-order valence-electron chi connectivity index (χ1n) is 9.16. The van der Waals surface area contributed by atoms with Crippen LogP contribution in [0.3, 0.4) is 0 Å². The predicted octanol–water partition coefficient (Wildman–Crippen LogP) is 4.24. The number of carbonyl (C=O) groups is 2. The Kier molecular flexibility index (Phi) is 7.33. The van der Waals surface area contributed by atoms with Gasteiger partial charge in [-0.25, -0.2) is 0 Å². The molecule has 144 valence electrons. The molecule has 0 aliphatic rings. The standard InChI is InChI=1S/C21H26O5Si/c1-5-24-18-14-10-8-12-16(18)20(22)27(4,26-7-3)21(23)17-13-9-11-15-19(17)25-6-2/h8-15H,5-7H2,1-4H3. The Morgan fingerprint density at radius 2 is 1.15 bits per heavy atom. The molecule has 0 spiro atoms. The lowest BCUT2D eigenvalue weighted by Crippen LogP contribution is -2.53. The fourth-order valence-corrected chi connectivity index (χ4v) is 5.39. The second kappa shape index (κ2) is 9.48. The molecule has 0 N–H and O–H groups in total. The minimum absolute atomic E-state index is 0.272. The summed E-state index contributed by atoms with van der Waals surface area (Å²) in [6, 6.07) is 13.9. The largest absolute Gasteiger partial charge is 0.493 e. The molecule has 2 aromatic rings. The van der Waals surface area contributed by atoms with Gasteiger partial charge in [0.05, 0.1) is 24.3 Å². The van der Waals surface area contributed by atoms with E-state index in [-0.39, 0.29) is 17.4 Å². The first-order valence-corrected chi connectivity index (χ1v) is 11.6. The maximum absolute atomic E-state index is 13.4. The van der Waals surface area contributed by atoms with Gasteiger partial charge in [0.15, 0.2) is 10.8 Å². The van der Waals surface area contributed by atoms with Gasteiger partial charge in [0.1, 0.15) is 11.5 Å². The third-order valence-electron chi connectivity index (χ3n) is 4.16. The first kappa shape index (κ1) is 20.9. The molecular weight excluding hydrogens is 360 g/mol. The van der Waals surface area contributed by atoms with Crippen molar-refractivity contribution >= 4 is 19.1 Å². The maximum atomic E-state index is 13.4. The van der Waals surface area contributed by atoms with Crippen molar-refractivity contribution in [3.63, 3.8) is 0 Å². The summed E-state index contributed by atoms with van der Waals surface area (Å²) >= 11 is 0. The Bertz CT molecular complexity index is 741. The van der Waals surface area contributed by atoms with Gasteiger partial charge in [0, 0.05) is 6.61 Å². The SMILES string of the molecule is CCOc1ccccc1C(=O)[Si](C)(OCC)C(=O)c1ccccc1OCC. The molecule has 0 unspecified atom stereocenters. The van der Waals surface area contributed by atoms with Gasteiger partial charge in [-0.1, -0.05) is 24.3 Å². The van der Waals surface area contributed by atoms with Gasteiger partial charge >= 0.3 is 8.32 Å². The first-order chi connectivity index (χ1) is 13.0. The third kappa shape index (κ3) is 4.46. The highest BCUT2D eigenvalue weighted by molar-refractivity contribution is 7.23. The second-order valence-corrected chi connectivity index (χ2v) is 9.25. The molecule has 0 radical (unpaired) electrons. The maximum Gasteiger partial charge on any atom is 0.344 e. The summed E-state index contributed by atoms with van der Waals surface area (Å²) in [5.74, 6) is 0.934. The molecule has 0 amide bonds. The number of rotatable bonds is 10. The van der Waals surface area contributed by atoms with Crippen LogP contribution in [0.4, 0.5) is 0 Å². The van der Waals surface area contributed by atoms with Crippen molar-refractivity contribution in [1.29, 1.82) is 0 Å². The summed E-state index contributed by atoms with van der Waals surface area (Å²) < 4.78 is 17.0. The Labute approximate surface area is 161 Å². The fourth-order valence-electron chi connectivity index (χ4n) is 2.91. The lowest BCUT2D eigenvalue weighted by Gasteiger charge is -2.25. The monoisotopic (exact) mass is 386 g/mol. The van der Waals surface area contributed by atoms with Gasteiger partial charge in [-0.2, -0.15) is 0 Å². The lowest BCUT2D eigenvalue weighted by atomic mass is 10.2. The minimum atomic E-state index is -3.50. The number of hydrogen-bond donors (Lipinski definition) is 0. The average Bonchev–Trinajstić information content (AvgIpc) is 2.68. The number of carbonyl (C=O) groups excluding carboxylic acids is 2. The van der Waals surface area contributed by atoms with Crippen molar-refractivity contribution in [3.8, 4) is 11.5 Å². The van der Waals surface area contributed by atoms with Crippen LogP contribution in [-0.2, 0) is 4.43 Å². The average molecular weight is 387 g/mol. The van der Waals surface area contributed by atoms with Crippen LogP contribution < -0.4 is 9.47 Å². The van der Waals surface area contributed by atoms with Gasteiger partial charge in [-0.05, 0) is 51.6 Å². The predicted molar refractivity (Wildman–Crippen MR) is 107 cm³/mol. The van der Waals surface area contributed by atoms with E-state index >= 15 is 0 Å². The van der Waals surface area contributed by atoms with Gasteiger partial charge in [-0.15, -0.1) is 0 Å². The molecule has 5 nitrogen and oxygen atoms in total. The van der Waals surface area contributed by atoms with E-state index in [0.717, 1.165) is 0 Å². The number of para-hydroxylation sites is 2. The lowest BCUT2D eigenvalue weighted by molar-refractivity contribution is 0.0966. The van der Waals surface area contributed by atoms with Crippen molar-refractivity contribution < 1.29 is 23.5 Å². The summed E-state index contributed by atoms with van der Waals surface area (Å²) in [6.07, 6.45) is 0. The third-order valence-corrected chi connectivity index (χ3v) is 7.30. The Balaban J connectivity index is 2.51. The minimum Gasteiger partial charge on any atom is -0.493 e. The van der Waals surface area contributed by atoms with Crippen LogP contribution in [-0.4, -0.2) is 39.0 Å². The number of benzene rings is 2. The molecule has 0 saturated carbocycles. The number of hydrogen-bond acceptors (Lipinski definition) is 5. The topological polar surface area (TPSA) is 61.8 Å². The van der Waals surface area contributed by atoms with Crippen LogP contribution in [0.5, 0.6) is 11.5 Å². The van der Waals surface area contributed by atoms with Crippen LogP contribution in [0.2, 0.25) is 6.55 Å². The Hall–Kier alpha value is -2.44. The zero-order chi connectivity index (χ0) is 19.9. The molecule has 0 aliphatic heterocycles. The molecule has 27 heavy (non-hydrogen) atoms. The summed E-state index contributed by atoms with van der Waals surface area (Å²) in [4.78, 5) is 26.9. The molecule has 0 heterocycles. The van der Waals surface area contributed by atoms with Crippen LogP contribution in [0, 0.1) is 0 Å². The van der Waals surface area contributed by atoms with E-state index in [1.54, 1.807) is 62.0 Å². The number of ether oxygens (including phenoxy) is 2. The summed E-state index contributed by atoms with van der Waals surface area (Å²) in [5, 5.41) is -0.602. The highest BCUT2D eigenvalue weighted by Crippen LogP contribution is 2.28. The highest BCUT2D eigenvalue weighted by atomic mass is 28.4. The van der Waals surface area contributed by atoms with Crippen LogP contribution in [0.1, 0.15) is 41.5 Å². The van der Waals surface area contributed by atoms with Crippen LogP contribution in [0.25, 0.3) is 0 Å². The molecule has 0 aromatic heterocycles. The molecule has 0 atom stereocenters. The van der Waals surface area contributed by atoms with Crippen molar-refractivity contribution in [2.45, 2.75) is 27.3 Å². The second-order valence-electron chi connectivity index (χ2n) is 5.98. The van der Waals surface area contributed by atoms with Gasteiger partial charge in [0.2, 0.25) is 0 Å². The van der Waals surface area contributed by atoms with Crippen molar-refractivity contribution in [2.75, 3.05) is 19.8 Å². The van der Waals surface area contributed by atoms with Crippen LogP contribution >= 0.6 is 0 Å². The summed E-state index contributed by atoms with van der Waals surface area (Å²) in [5.41, 5.74) is 0.758. The van der Waals surface area contributed by atoms with Gasteiger partial charge in [0.25, 0.3) is 0 Å². The Morgan fingerprint density at radius 3 is 1.52 bits per heavy atom. The van der Waals surface area contributed by atoms with E-state index < -0.39 is 8.32 Å². The van der Waals surface area contributed by atoms with E-state index in [9.17, 15) is 9.59 Å². The van der Waals surface area contributed by atoms with Gasteiger partial charge < -0.3 is 13.9 Å². The van der Waals surface area contributed by atoms with Gasteiger partial charge in [-0.3, -0.25) is 9.59 Å². The fraction of sp³-hybridized carbons (Fsp3) is 0.333. The molecular formula is C21H26O5Si. The summed E-state index contributed by atoms with van der Waals surface area (Å²) in [6.45, 7) is 8.26. The zero-order valence-electron chi connectivity index (χ0n) is 16.3. The molecule has 2 aromatic carbocycles. The van der Waals surface area contributed by atoms with Crippen molar-refractivity contribution in [3.05, 3.63) is 59.7 Å². The normalized spacial score (nSPS) is 11.1. The van der Waals surface area contributed by atoms with E-state index in [2.05, 4.69) is 0 Å². The van der Waals surface area contributed by atoms with E-state index in [1.807, 2.05) is 13.8 Å². The molecule has 2 rings (SSSR count). The smallest absolute Gasteiger partial charge is 0.344 e. The van der Waals surface area contributed by atoms with Crippen LogP contribution in [0.15, 0.2) is 48.5 Å².